The SMILES string of the molecule is Cn1c(CNCc2ccsc2-n2cccc2)cnc1Br.O=C(O)C(F)(F)F. The molecule has 11 heteroatoms. The molecule has 0 bridgehead atoms. The van der Waals surface area contributed by atoms with Crippen LogP contribution in [0.15, 0.2) is 46.9 Å². The minimum atomic E-state index is -5.08. The van der Waals surface area contributed by atoms with Crippen LogP contribution in [0.4, 0.5) is 13.2 Å². The molecule has 0 radical (unpaired) electrons. The number of hydrogen-bond donors (Lipinski definition) is 2. The summed E-state index contributed by atoms with van der Waals surface area (Å²) in [5, 5.41) is 14.0. The van der Waals surface area contributed by atoms with Gasteiger partial charge < -0.3 is 19.6 Å². The van der Waals surface area contributed by atoms with Crippen LogP contribution < -0.4 is 5.32 Å². The molecule has 0 saturated carbocycles. The van der Waals surface area contributed by atoms with E-state index in [0.29, 0.717) is 0 Å². The van der Waals surface area contributed by atoms with Crippen molar-refractivity contribution < 1.29 is 23.1 Å². The fourth-order valence-corrected chi connectivity index (χ4v) is 3.29. The monoisotopic (exact) mass is 464 g/mol. The van der Waals surface area contributed by atoms with Gasteiger partial charge in [0.15, 0.2) is 4.73 Å². The Kier molecular flexibility index (Phi) is 7.22. The molecular weight excluding hydrogens is 449 g/mol. The summed E-state index contributed by atoms with van der Waals surface area (Å²) < 4.78 is 36.8. The van der Waals surface area contributed by atoms with Crippen LogP contribution in [0, 0.1) is 0 Å². The van der Waals surface area contributed by atoms with E-state index in [1.165, 1.54) is 10.6 Å². The third kappa shape index (κ3) is 5.94. The lowest BCUT2D eigenvalue weighted by atomic mass is 10.3. The third-order valence-corrected chi connectivity index (χ3v) is 5.16. The van der Waals surface area contributed by atoms with E-state index < -0.39 is 12.1 Å². The van der Waals surface area contributed by atoms with Gasteiger partial charge in [0.05, 0.1) is 11.9 Å². The molecule has 146 valence electrons. The van der Waals surface area contributed by atoms with Crippen LogP contribution in [-0.4, -0.2) is 31.4 Å². The zero-order valence-electron chi connectivity index (χ0n) is 14.1. The molecule has 3 rings (SSSR count). The Morgan fingerprint density at radius 2 is 1.96 bits per heavy atom. The van der Waals surface area contributed by atoms with Crippen molar-refractivity contribution in [2.75, 3.05) is 0 Å². The van der Waals surface area contributed by atoms with Crippen molar-refractivity contribution in [3.8, 4) is 5.00 Å². The fourth-order valence-electron chi connectivity index (χ4n) is 2.07. The summed E-state index contributed by atoms with van der Waals surface area (Å²) in [7, 11) is 2.00. The molecule has 0 unspecified atom stereocenters. The average molecular weight is 465 g/mol. The van der Waals surface area contributed by atoms with Gasteiger partial charge in [0.2, 0.25) is 0 Å². The summed E-state index contributed by atoms with van der Waals surface area (Å²) in [6, 6.07) is 6.26. The molecule has 3 aromatic heterocycles. The molecule has 0 amide bonds. The molecule has 0 saturated heterocycles. The lowest BCUT2D eigenvalue weighted by molar-refractivity contribution is -0.192. The third-order valence-electron chi connectivity index (χ3n) is 3.45. The highest BCUT2D eigenvalue weighted by Gasteiger charge is 2.38. The summed E-state index contributed by atoms with van der Waals surface area (Å²) in [5.41, 5.74) is 2.47. The Balaban J connectivity index is 0.000000321. The second-order valence-corrected chi connectivity index (χ2v) is 6.93. The molecule has 0 fully saturated rings. The van der Waals surface area contributed by atoms with Gasteiger partial charge in [-0.25, -0.2) is 9.78 Å². The maximum Gasteiger partial charge on any atom is 0.490 e. The topological polar surface area (TPSA) is 72.1 Å². The first kappa shape index (κ1) is 21.2. The van der Waals surface area contributed by atoms with E-state index in [2.05, 4.69) is 54.6 Å². The van der Waals surface area contributed by atoms with Gasteiger partial charge in [-0.3, -0.25) is 0 Å². The maximum atomic E-state index is 10.6. The van der Waals surface area contributed by atoms with E-state index in [1.807, 2.05) is 29.9 Å². The van der Waals surface area contributed by atoms with E-state index in [0.717, 1.165) is 23.5 Å². The minimum absolute atomic E-state index is 0.802. The maximum absolute atomic E-state index is 10.6. The summed E-state index contributed by atoms with van der Waals surface area (Å²) in [6.45, 7) is 1.65. The molecule has 0 aliphatic heterocycles. The molecule has 6 nitrogen and oxygen atoms in total. The summed E-state index contributed by atoms with van der Waals surface area (Å²) in [5.74, 6) is -2.76. The number of halogens is 4. The summed E-state index contributed by atoms with van der Waals surface area (Å²) in [4.78, 5) is 13.1. The second kappa shape index (κ2) is 9.20. The molecule has 0 aromatic carbocycles. The number of alkyl halides is 3. The number of carboxylic acids is 1. The molecule has 3 heterocycles. The van der Waals surface area contributed by atoms with Crippen molar-refractivity contribution in [3.05, 3.63) is 58.2 Å². The molecule has 2 N–H and O–H groups in total. The number of aliphatic carboxylic acids is 1. The fraction of sp³-hybridized carbons (Fsp3) is 0.250. The normalized spacial score (nSPS) is 11.1. The van der Waals surface area contributed by atoms with Gasteiger partial charge in [-0.1, -0.05) is 0 Å². The minimum Gasteiger partial charge on any atom is -0.475 e. The van der Waals surface area contributed by atoms with E-state index >= 15 is 0 Å². The first-order valence-electron chi connectivity index (χ1n) is 7.56. The number of thiophene rings is 1. The zero-order chi connectivity index (χ0) is 20.0. The number of imidazole rings is 1. The van der Waals surface area contributed by atoms with Gasteiger partial charge in [0.25, 0.3) is 0 Å². The molecule has 3 aromatic rings. The van der Waals surface area contributed by atoms with Crippen molar-refractivity contribution in [1.29, 1.82) is 0 Å². The number of carbonyl (C=O) groups is 1. The van der Waals surface area contributed by atoms with Crippen LogP contribution in [-0.2, 0) is 24.9 Å². The van der Waals surface area contributed by atoms with Gasteiger partial charge in [-0.15, -0.1) is 11.3 Å². The van der Waals surface area contributed by atoms with E-state index in [9.17, 15) is 13.2 Å². The number of carboxylic acid groups (broad SMARTS) is 1. The molecule has 0 atom stereocenters. The standard InChI is InChI=1S/C14H15BrN4S.C2HF3O2/c1-18-12(10-17-14(18)15)9-16-8-11-4-7-20-13(11)19-5-2-3-6-19;3-2(4,5)1(6)7/h2-7,10,16H,8-9H2,1H3;(H,6,7). The van der Waals surface area contributed by atoms with Gasteiger partial charge in [-0.05, 0) is 39.5 Å². The first-order valence-corrected chi connectivity index (χ1v) is 9.24. The molecular formula is C16H16BrF3N4O2S. The lowest BCUT2D eigenvalue weighted by Gasteiger charge is -2.07. The number of aromatic nitrogens is 3. The van der Waals surface area contributed by atoms with Crippen molar-refractivity contribution >= 4 is 33.2 Å². The van der Waals surface area contributed by atoms with Crippen LogP contribution in [0.2, 0.25) is 0 Å². The Morgan fingerprint density at radius 3 is 2.48 bits per heavy atom. The zero-order valence-corrected chi connectivity index (χ0v) is 16.5. The average Bonchev–Trinajstić information content (AvgIpc) is 3.32. The molecule has 27 heavy (non-hydrogen) atoms. The van der Waals surface area contributed by atoms with E-state index in [-0.39, 0.29) is 0 Å². The number of hydrogen-bond acceptors (Lipinski definition) is 4. The van der Waals surface area contributed by atoms with Crippen molar-refractivity contribution in [2.45, 2.75) is 19.3 Å². The number of nitrogens with zero attached hydrogens (tertiary/aromatic N) is 3. The molecule has 0 aliphatic carbocycles. The van der Waals surface area contributed by atoms with E-state index in [1.54, 1.807) is 11.3 Å². The van der Waals surface area contributed by atoms with Crippen LogP contribution in [0.5, 0.6) is 0 Å². The van der Waals surface area contributed by atoms with Gasteiger partial charge in [-0.2, -0.15) is 13.2 Å². The predicted octanol–water partition coefficient (Wildman–Crippen LogP) is 3.96. The van der Waals surface area contributed by atoms with E-state index in [4.69, 9.17) is 9.90 Å². The molecule has 0 aliphatic rings. The highest BCUT2D eigenvalue weighted by Crippen LogP contribution is 2.22. The smallest absolute Gasteiger partial charge is 0.475 e. The van der Waals surface area contributed by atoms with Gasteiger partial charge in [0.1, 0.15) is 5.00 Å². The predicted molar refractivity (Wildman–Crippen MR) is 98.8 cm³/mol. The quantitative estimate of drug-likeness (QED) is 0.599. The van der Waals surface area contributed by atoms with Crippen molar-refractivity contribution in [1.82, 2.24) is 19.4 Å². The van der Waals surface area contributed by atoms with Crippen LogP contribution in [0.3, 0.4) is 0 Å². The van der Waals surface area contributed by atoms with Gasteiger partial charge in [0, 0.05) is 38.1 Å². The van der Waals surface area contributed by atoms with Crippen molar-refractivity contribution in [2.24, 2.45) is 7.05 Å². The Bertz CT molecular complexity index is 875. The van der Waals surface area contributed by atoms with Crippen LogP contribution in [0.1, 0.15) is 11.3 Å². The summed E-state index contributed by atoms with van der Waals surface area (Å²) in [6.07, 6.45) is 0.957. The summed E-state index contributed by atoms with van der Waals surface area (Å²) >= 11 is 5.17. The first-order chi connectivity index (χ1) is 12.7. The second-order valence-electron chi connectivity index (χ2n) is 5.33. The Morgan fingerprint density at radius 1 is 1.33 bits per heavy atom. The Hall–Kier alpha value is -2.11. The Labute approximate surface area is 165 Å². The number of nitrogens with one attached hydrogen (secondary N) is 1. The highest BCUT2D eigenvalue weighted by atomic mass is 79.9. The van der Waals surface area contributed by atoms with Gasteiger partial charge >= 0.3 is 12.1 Å². The largest absolute Gasteiger partial charge is 0.490 e. The molecule has 0 spiro atoms. The van der Waals surface area contributed by atoms with Crippen LogP contribution >= 0.6 is 27.3 Å². The lowest BCUT2D eigenvalue weighted by Crippen LogP contribution is -2.21. The highest BCUT2D eigenvalue weighted by molar-refractivity contribution is 9.10. The number of rotatable bonds is 5. The van der Waals surface area contributed by atoms with Crippen LogP contribution in [0.25, 0.3) is 5.00 Å². The van der Waals surface area contributed by atoms with Crippen molar-refractivity contribution in [3.63, 3.8) is 0 Å².